The Morgan fingerprint density at radius 3 is 2.60 bits per heavy atom. The molecule has 0 fully saturated rings. The molecule has 0 aromatic heterocycles. The van der Waals surface area contributed by atoms with E-state index in [0.717, 1.165) is 6.07 Å². The lowest BCUT2D eigenvalue weighted by molar-refractivity contribution is -0.385. The molecule has 15 heavy (non-hydrogen) atoms. The van der Waals surface area contributed by atoms with Crippen LogP contribution >= 0.6 is 0 Å². The fourth-order valence-corrected chi connectivity index (χ4v) is 1.14. The number of aliphatic hydroxyl groups excluding tert-OH is 1. The van der Waals surface area contributed by atoms with Crippen molar-refractivity contribution < 1.29 is 19.9 Å². The van der Waals surface area contributed by atoms with Gasteiger partial charge in [-0.05, 0) is 12.5 Å². The summed E-state index contributed by atoms with van der Waals surface area (Å²) in [5.74, 6) is -1.44. The lowest BCUT2D eigenvalue weighted by atomic mass is 10.1. The lowest BCUT2D eigenvalue weighted by Crippen LogP contribution is -2.10. The summed E-state index contributed by atoms with van der Waals surface area (Å²) in [5.41, 5.74) is 0.217. The van der Waals surface area contributed by atoms with E-state index in [4.69, 9.17) is 5.11 Å². The van der Waals surface area contributed by atoms with E-state index >= 15 is 0 Å². The van der Waals surface area contributed by atoms with Crippen LogP contribution in [0.4, 0.5) is 5.69 Å². The van der Waals surface area contributed by atoms with E-state index < -0.39 is 17.0 Å². The largest absolute Gasteiger partial charge is 0.479 e. The monoisotopic (exact) mass is 211 g/mol. The fraction of sp³-hybridized carbons (Fsp3) is 0.222. The highest BCUT2D eigenvalue weighted by atomic mass is 16.6. The molecule has 0 spiro atoms. The number of nitrogens with zero attached hydrogens (tertiary/aromatic N) is 1. The van der Waals surface area contributed by atoms with Gasteiger partial charge in [-0.3, -0.25) is 10.1 Å². The quantitative estimate of drug-likeness (QED) is 0.574. The first-order chi connectivity index (χ1) is 6.93. The third-order valence-corrected chi connectivity index (χ3v) is 1.98. The second kappa shape index (κ2) is 4.05. The van der Waals surface area contributed by atoms with Crippen LogP contribution in [0.15, 0.2) is 18.2 Å². The van der Waals surface area contributed by atoms with Crippen molar-refractivity contribution in [3.8, 4) is 0 Å². The molecule has 0 radical (unpaired) electrons. The van der Waals surface area contributed by atoms with Crippen molar-refractivity contribution in [3.05, 3.63) is 39.4 Å². The number of aliphatic hydroxyl groups is 1. The van der Waals surface area contributed by atoms with Crippen molar-refractivity contribution in [3.63, 3.8) is 0 Å². The number of carboxylic acids is 1. The summed E-state index contributed by atoms with van der Waals surface area (Å²) in [4.78, 5) is 20.4. The molecule has 6 heteroatoms. The number of rotatable bonds is 3. The van der Waals surface area contributed by atoms with Crippen LogP contribution < -0.4 is 0 Å². The molecule has 0 saturated heterocycles. The molecular weight excluding hydrogens is 202 g/mol. The summed E-state index contributed by atoms with van der Waals surface area (Å²) >= 11 is 0. The van der Waals surface area contributed by atoms with Crippen LogP contribution in [0.3, 0.4) is 0 Å². The maximum atomic E-state index is 10.5. The summed E-state index contributed by atoms with van der Waals surface area (Å²) in [6.45, 7) is 1.54. The molecule has 80 valence electrons. The molecule has 0 heterocycles. The highest BCUT2D eigenvalue weighted by Crippen LogP contribution is 2.23. The number of nitro benzene ring substituents is 1. The van der Waals surface area contributed by atoms with Crippen LogP contribution in [-0.2, 0) is 4.79 Å². The minimum Gasteiger partial charge on any atom is -0.479 e. The van der Waals surface area contributed by atoms with Crippen molar-refractivity contribution in [1.29, 1.82) is 0 Å². The molecule has 0 aliphatic carbocycles. The smallest absolute Gasteiger partial charge is 0.337 e. The Labute approximate surface area is 84.9 Å². The average Bonchev–Trinajstić information content (AvgIpc) is 2.16. The Balaban J connectivity index is 3.18. The van der Waals surface area contributed by atoms with Crippen LogP contribution in [0.25, 0.3) is 0 Å². The molecule has 1 atom stereocenters. The van der Waals surface area contributed by atoms with E-state index in [1.54, 1.807) is 0 Å². The highest BCUT2D eigenvalue weighted by Gasteiger charge is 2.19. The zero-order valence-electron chi connectivity index (χ0n) is 7.88. The number of aryl methyl sites for hydroxylation is 1. The molecular formula is C9H9NO5. The SMILES string of the molecule is Cc1ccc([C@@H](O)C(=O)O)cc1[N+](=O)[O-]. The predicted molar refractivity (Wildman–Crippen MR) is 50.4 cm³/mol. The predicted octanol–water partition coefficient (Wildman–Crippen LogP) is 1.02. The van der Waals surface area contributed by atoms with Gasteiger partial charge in [0.2, 0.25) is 0 Å². The molecule has 1 rings (SSSR count). The van der Waals surface area contributed by atoms with Gasteiger partial charge in [-0.2, -0.15) is 0 Å². The first-order valence-corrected chi connectivity index (χ1v) is 4.09. The molecule has 0 bridgehead atoms. The minimum atomic E-state index is -1.73. The Kier molecular flexibility index (Phi) is 3.01. The first-order valence-electron chi connectivity index (χ1n) is 4.09. The summed E-state index contributed by atoms with van der Waals surface area (Å²) in [6, 6.07) is 3.81. The molecule has 0 aliphatic rings. The van der Waals surface area contributed by atoms with Gasteiger partial charge in [-0.15, -0.1) is 0 Å². The number of hydrogen-bond acceptors (Lipinski definition) is 4. The van der Waals surface area contributed by atoms with Gasteiger partial charge in [0.05, 0.1) is 4.92 Å². The van der Waals surface area contributed by atoms with Gasteiger partial charge in [0, 0.05) is 11.6 Å². The number of benzene rings is 1. The number of hydrogen-bond donors (Lipinski definition) is 2. The normalized spacial score (nSPS) is 12.1. The maximum absolute atomic E-state index is 10.5. The molecule has 0 amide bonds. The Morgan fingerprint density at radius 1 is 1.53 bits per heavy atom. The van der Waals surface area contributed by atoms with Crippen LogP contribution in [0.2, 0.25) is 0 Å². The van der Waals surface area contributed by atoms with E-state index in [1.807, 2.05) is 0 Å². The van der Waals surface area contributed by atoms with Gasteiger partial charge in [-0.1, -0.05) is 12.1 Å². The van der Waals surface area contributed by atoms with E-state index in [0.29, 0.717) is 5.56 Å². The van der Waals surface area contributed by atoms with Crippen molar-refractivity contribution in [2.45, 2.75) is 13.0 Å². The second-order valence-electron chi connectivity index (χ2n) is 3.04. The zero-order valence-corrected chi connectivity index (χ0v) is 7.88. The summed E-state index contributed by atoms with van der Waals surface area (Å²) in [6.07, 6.45) is -1.73. The molecule has 1 aromatic rings. The average molecular weight is 211 g/mol. The van der Waals surface area contributed by atoms with Gasteiger partial charge in [-0.25, -0.2) is 4.79 Å². The Hall–Kier alpha value is -1.95. The lowest BCUT2D eigenvalue weighted by Gasteiger charge is -2.06. The number of aliphatic carboxylic acids is 1. The number of carbonyl (C=O) groups is 1. The molecule has 6 nitrogen and oxygen atoms in total. The fourth-order valence-electron chi connectivity index (χ4n) is 1.14. The van der Waals surface area contributed by atoms with Crippen molar-refractivity contribution >= 4 is 11.7 Å². The highest BCUT2D eigenvalue weighted by molar-refractivity contribution is 5.74. The standard InChI is InChI=1S/C9H9NO5/c1-5-2-3-6(8(11)9(12)13)4-7(5)10(14)15/h2-4,8,11H,1H3,(H,12,13)/t8-/m1/s1. The molecule has 1 aromatic carbocycles. The first kappa shape index (κ1) is 11.1. The van der Waals surface area contributed by atoms with Crippen molar-refractivity contribution in [2.24, 2.45) is 0 Å². The summed E-state index contributed by atoms with van der Waals surface area (Å²) in [7, 11) is 0. The molecule has 0 aliphatic heterocycles. The van der Waals surface area contributed by atoms with E-state index in [-0.39, 0.29) is 11.3 Å². The maximum Gasteiger partial charge on any atom is 0.337 e. The molecule has 0 unspecified atom stereocenters. The topological polar surface area (TPSA) is 101 Å². The third kappa shape index (κ3) is 2.29. The summed E-state index contributed by atoms with van der Waals surface area (Å²) in [5, 5.41) is 28.2. The molecule has 2 N–H and O–H groups in total. The van der Waals surface area contributed by atoms with Gasteiger partial charge in [0.25, 0.3) is 5.69 Å². The van der Waals surface area contributed by atoms with E-state index in [1.165, 1.54) is 19.1 Å². The van der Waals surface area contributed by atoms with Crippen LogP contribution in [0.1, 0.15) is 17.2 Å². The van der Waals surface area contributed by atoms with E-state index in [2.05, 4.69) is 0 Å². The van der Waals surface area contributed by atoms with Crippen LogP contribution in [-0.4, -0.2) is 21.1 Å². The second-order valence-corrected chi connectivity index (χ2v) is 3.04. The molecule has 0 saturated carbocycles. The van der Waals surface area contributed by atoms with Gasteiger partial charge in [0.15, 0.2) is 6.10 Å². The van der Waals surface area contributed by atoms with Gasteiger partial charge < -0.3 is 10.2 Å². The Morgan fingerprint density at radius 2 is 2.13 bits per heavy atom. The third-order valence-electron chi connectivity index (χ3n) is 1.98. The Bertz CT molecular complexity index is 415. The zero-order chi connectivity index (χ0) is 11.6. The van der Waals surface area contributed by atoms with Crippen molar-refractivity contribution in [1.82, 2.24) is 0 Å². The van der Waals surface area contributed by atoms with E-state index in [9.17, 15) is 20.0 Å². The summed E-state index contributed by atoms with van der Waals surface area (Å²) < 4.78 is 0. The van der Waals surface area contributed by atoms with Crippen LogP contribution in [0.5, 0.6) is 0 Å². The van der Waals surface area contributed by atoms with Crippen molar-refractivity contribution in [2.75, 3.05) is 0 Å². The number of nitro groups is 1. The van der Waals surface area contributed by atoms with Crippen LogP contribution in [0, 0.1) is 17.0 Å². The minimum absolute atomic E-state index is 0.000185. The number of carboxylic acid groups (broad SMARTS) is 1. The van der Waals surface area contributed by atoms with Gasteiger partial charge in [0.1, 0.15) is 0 Å². The van der Waals surface area contributed by atoms with Gasteiger partial charge >= 0.3 is 5.97 Å².